The zero-order valence-electron chi connectivity index (χ0n) is 11.1. The Hall–Kier alpha value is -2.69. The average molecular weight is 290 g/mol. The predicted octanol–water partition coefficient (Wildman–Crippen LogP) is 4.16. The van der Waals surface area contributed by atoms with Crippen LogP contribution in [0.1, 0.15) is 11.1 Å². The average Bonchev–Trinajstić information content (AvgIpc) is 2.43. The lowest BCUT2D eigenvalue weighted by molar-refractivity contribution is -0.131. The molecule has 21 heavy (non-hydrogen) atoms. The number of aliphatic carboxylic acids is 1. The van der Waals surface area contributed by atoms with Crippen LogP contribution < -0.4 is 4.74 Å². The number of ether oxygens (including phenoxy) is 1. The SMILES string of the molecule is Cc1ccc(Oc2cc(F)ccc2F)c(/C=C/C(=O)O)c1. The summed E-state index contributed by atoms with van der Waals surface area (Å²) in [6.45, 7) is 1.82. The minimum absolute atomic E-state index is 0.239. The number of hydrogen-bond donors (Lipinski definition) is 1. The monoisotopic (exact) mass is 290 g/mol. The number of carboxylic acid groups (broad SMARTS) is 1. The van der Waals surface area contributed by atoms with Crippen LogP contribution in [0.15, 0.2) is 42.5 Å². The van der Waals surface area contributed by atoms with E-state index in [1.165, 1.54) is 6.08 Å². The van der Waals surface area contributed by atoms with E-state index >= 15 is 0 Å². The van der Waals surface area contributed by atoms with Crippen molar-refractivity contribution < 1.29 is 23.4 Å². The quantitative estimate of drug-likeness (QED) is 0.860. The van der Waals surface area contributed by atoms with Gasteiger partial charge >= 0.3 is 5.97 Å². The van der Waals surface area contributed by atoms with E-state index in [1.807, 2.05) is 6.92 Å². The summed E-state index contributed by atoms with van der Waals surface area (Å²) in [6.07, 6.45) is 2.28. The van der Waals surface area contributed by atoms with E-state index in [2.05, 4.69) is 0 Å². The van der Waals surface area contributed by atoms with E-state index in [1.54, 1.807) is 18.2 Å². The Morgan fingerprint density at radius 1 is 1.14 bits per heavy atom. The van der Waals surface area contributed by atoms with Gasteiger partial charge < -0.3 is 9.84 Å². The molecule has 2 aromatic rings. The summed E-state index contributed by atoms with van der Waals surface area (Å²) in [5, 5.41) is 8.67. The summed E-state index contributed by atoms with van der Waals surface area (Å²) in [4.78, 5) is 10.6. The standard InChI is InChI=1S/C16H12F2O3/c1-10-2-6-14(11(8-10)3-7-16(19)20)21-15-9-12(17)4-5-13(15)18/h2-9H,1H3,(H,19,20)/b7-3+. The zero-order valence-corrected chi connectivity index (χ0v) is 11.1. The van der Waals surface area contributed by atoms with Crippen LogP contribution in [-0.4, -0.2) is 11.1 Å². The van der Waals surface area contributed by atoms with Crippen LogP contribution in [0, 0.1) is 18.6 Å². The maximum absolute atomic E-state index is 13.6. The number of hydrogen-bond acceptors (Lipinski definition) is 2. The van der Waals surface area contributed by atoms with Crippen molar-refractivity contribution >= 4 is 12.0 Å². The highest BCUT2D eigenvalue weighted by Crippen LogP contribution is 2.29. The highest BCUT2D eigenvalue weighted by molar-refractivity contribution is 5.86. The highest BCUT2D eigenvalue weighted by atomic mass is 19.1. The van der Waals surface area contributed by atoms with E-state index in [0.717, 1.165) is 29.8 Å². The maximum Gasteiger partial charge on any atom is 0.328 e. The smallest absolute Gasteiger partial charge is 0.328 e. The Bertz CT molecular complexity index is 709. The molecule has 1 N–H and O–H groups in total. The Balaban J connectivity index is 2.39. The maximum atomic E-state index is 13.6. The first kappa shape index (κ1) is 14.7. The molecule has 0 fully saturated rings. The van der Waals surface area contributed by atoms with Crippen molar-refractivity contribution in [3.05, 3.63) is 65.2 Å². The third-order valence-corrected chi connectivity index (χ3v) is 2.68. The van der Waals surface area contributed by atoms with Crippen molar-refractivity contribution in [2.75, 3.05) is 0 Å². The fraction of sp³-hybridized carbons (Fsp3) is 0.0625. The van der Waals surface area contributed by atoms with Gasteiger partial charge in [0.05, 0.1) is 0 Å². The second kappa shape index (κ2) is 6.17. The fourth-order valence-corrected chi connectivity index (χ4v) is 1.73. The molecule has 0 unspecified atom stereocenters. The molecule has 0 aliphatic heterocycles. The molecule has 2 rings (SSSR count). The highest BCUT2D eigenvalue weighted by Gasteiger charge is 2.09. The number of rotatable bonds is 4. The summed E-state index contributed by atoms with van der Waals surface area (Å²) >= 11 is 0. The Labute approximate surface area is 120 Å². The first-order chi connectivity index (χ1) is 9.95. The molecule has 5 heteroatoms. The molecular weight excluding hydrogens is 278 g/mol. The predicted molar refractivity (Wildman–Crippen MR) is 74.3 cm³/mol. The third kappa shape index (κ3) is 3.89. The number of carbonyl (C=O) groups is 1. The van der Waals surface area contributed by atoms with Gasteiger partial charge in [0.2, 0.25) is 0 Å². The summed E-state index contributed by atoms with van der Waals surface area (Å²) in [7, 11) is 0. The lowest BCUT2D eigenvalue weighted by atomic mass is 10.1. The fourth-order valence-electron chi connectivity index (χ4n) is 1.73. The van der Waals surface area contributed by atoms with Gasteiger partial charge in [-0.05, 0) is 37.3 Å². The lowest BCUT2D eigenvalue weighted by Crippen LogP contribution is -1.93. The first-order valence-corrected chi connectivity index (χ1v) is 6.10. The number of halogens is 2. The molecule has 0 radical (unpaired) electrons. The molecule has 0 aliphatic rings. The van der Waals surface area contributed by atoms with Gasteiger partial charge in [-0.2, -0.15) is 0 Å². The molecule has 0 saturated carbocycles. The first-order valence-electron chi connectivity index (χ1n) is 6.10. The van der Waals surface area contributed by atoms with Crippen molar-refractivity contribution in [3.8, 4) is 11.5 Å². The number of benzene rings is 2. The van der Waals surface area contributed by atoms with Crippen molar-refractivity contribution in [2.45, 2.75) is 6.92 Å². The molecule has 0 atom stereocenters. The minimum Gasteiger partial charge on any atom is -0.478 e. The topological polar surface area (TPSA) is 46.5 Å². The minimum atomic E-state index is -1.11. The molecule has 108 valence electrons. The van der Waals surface area contributed by atoms with Gasteiger partial charge in [-0.1, -0.05) is 11.6 Å². The van der Waals surface area contributed by atoms with Crippen molar-refractivity contribution in [2.24, 2.45) is 0 Å². The van der Waals surface area contributed by atoms with Crippen LogP contribution >= 0.6 is 0 Å². The Morgan fingerprint density at radius 2 is 1.90 bits per heavy atom. The van der Waals surface area contributed by atoms with E-state index in [4.69, 9.17) is 9.84 Å². The van der Waals surface area contributed by atoms with Crippen LogP contribution in [0.25, 0.3) is 6.08 Å². The lowest BCUT2D eigenvalue weighted by Gasteiger charge is -2.10. The van der Waals surface area contributed by atoms with Gasteiger partial charge in [0, 0.05) is 17.7 Å². The van der Waals surface area contributed by atoms with E-state index in [-0.39, 0.29) is 11.5 Å². The van der Waals surface area contributed by atoms with E-state index in [9.17, 15) is 13.6 Å². The summed E-state index contributed by atoms with van der Waals surface area (Å²) < 4.78 is 32.1. The van der Waals surface area contributed by atoms with E-state index < -0.39 is 17.6 Å². The molecule has 0 aromatic heterocycles. The third-order valence-electron chi connectivity index (χ3n) is 2.68. The van der Waals surface area contributed by atoms with Gasteiger partial charge in [-0.3, -0.25) is 0 Å². The van der Waals surface area contributed by atoms with Gasteiger partial charge in [-0.15, -0.1) is 0 Å². The van der Waals surface area contributed by atoms with Gasteiger partial charge in [0.25, 0.3) is 0 Å². The summed E-state index contributed by atoms with van der Waals surface area (Å²) in [5.41, 5.74) is 1.34. The molecule has 2 aromatic carbocycles. The molecule has 0 heterocycles. The molecule has 0 saturated heterocycles. The summed E-state index contributed by atoms with van der Waals surface area (Å²) in [5.74, 6) is -2.46. The van der Waals surface area contributed by atoms with Gasteiger partial charge in [0.15, 0.2) is 11.6 Å². The van der Waals surface area contributed by atoms with Crippen molar-refractivity contribution in [1.82, 2.24) is 0 Å². The molecule has 0 bridgehead atoms. The van der Waals surface area contributed by atoms with Crippen LogP contribution in [-0.2, 0) is 4.79 Å². The second-order valence-corrected chi connectivity index (χ2v) is 4.39. The van der Waals surface area contributed by atoms with Crippen LogP contribution in [0.4, 0.5) is 8.78 Å². The van der Waals surface area contributed by atoms with Crippen molar-refractivity contribution in [1.29, 1.82) is 0 Å². The van der Waals surface area contributed by atoms with Crippen LogP contribution in [0.2, 0.25) is 0 Å². The second-order valence-electron chi connectivity index (χ2n) is 4.39. The van der Waals surface area contributed by atoms with E-state index in [0.29, 0.717) is 5.56 Å². The Morgan fingerprint density at radius 3 is 2.62 bits per heavy atom. The van der Waals surface area contributed by atoms with Crippen LogP contribution in [0.3, 0.4) is 0 Å². The number of carboxylic acids is 1. The normalized spacial score (nSPS) is 10.8. The zero-order chi connectivity index (χ0) is 15.4. The largest absolute Gasteiger partial charge is 0.478 e. The van der Waals surface area contributed by atoms with Gasteiger partial charge in [-0.25, -0.2) is 13.6 Å². The molecule has 0 spiro atoms. The molecule has 3 nitrogen and oxygen atoms in total. The van der Waals surface area contributed by atoms with Crippen molar-refractivity contribution in [3.63, 3.8) is 0 Å². The van der Waals surface area contributed by atoms with Crippen LogP contribution in [0.5, 0.6) is 11.5 Å². The summed E-state index contributed by atoms with van der Waals surface area (Å²) in [6, 6.07) is 7.87. The van der Waals surface area contributed by atoms with Gasteiger partial charge in [0.1, 0.15) is 11.6 Å². The molecule has 0 aliphatic carbocycles. The molecule has 0 amide bonds. The Kier molecular flexibility index (Phi) is 4.33. The molecular formula is C16H12F2O3. The number of aryl methyl sites for hydroxylation is 1.